The first-order valence-electron chi connectivity index (χ1n) is 4.07. The molecule has 12 heavy (non-hydrogen) atoms. The van der Waals surface area contributed by atoms with Crippen LogP contribution in [0.1, 0.15) is 5.56 Å². The minimum Gasteiger partial charge on any atom is -0.486 e. The molecule has 0 saturated carbocycles. The lowest BCUT2D eigenvalue weighted by atomic mass is 10.2. The maximum atomic E-state index is 5.57. The van der Waals surface area contributed by atoms with E-state index in [1.54, 1.807) is 0 Å². The molecule has 2 nitrogen and oxygen atoms in total. The zero-order valence-corrected chi connectivity index (χ0v) is 7.04. The van der Waals surface area contributed by atoms with Gasteiger partial charge in [-0.1, -0.05) is 6.07 Å². The normalized spacial score (nSPS) is 17.1. The third-order valence-electron chi connectivity index (χ3n) is 1.82. The lowest BCUT2D eigenvalue weighted by Gasteiger charge is -2.26. The Morgan fingerprint density at radius 2 is 2.33 bits per heavy atom. The molecular weight excluding hydrogens is 152 g/mol. The van der Waals surface area contributed by atoms with E-state index in [1.165, 1.54) is 5.56 Å². The molecular formula is C10H11O2. The fourth-order valence-corrected chi connectivity index (χ4v) is 1.11. The van der Waals surface area contributed by atoms with Gasteiger partial charge in [-0.25, -0.2) is 0 Å². The van der Waals surface area contributed by atoms with Crippen LogP contribution < -0.4 is 4.74 Å². The van der Waals surface area contributed by atoms with Crippen molar-refractivity contribution in [3.63, 3.8) is 0 Å². The molecule has 2 rings (SSSR count). The van der Waals surface area contributed by atoms with Crippen LogP contribution in [0.25, 0.3) is 0 Å². The van der Waals surface area contributed by atoms with E-state index in [0.29, 0.717) is 13.2 Å². The highest BCUT2D eigenvalue weighted by molar-refractivity contribution is 5.26. The van der Waals surface area contributed by atoms with Gasteiger partial charge >= 0.3 is 0 Å². The summed E-state index contributed by atoms with van der Waals surface area (Å²) in [4.78, 5) is 0. The van der Waals surface area contributed by atoms with Crippen LogP contribution in [0.3, 0.4) is 0 Å². The molecule has 1 aromatic rings. The van der Waals surface area contributed by atoms with Gasteiger partial charge in [-0.2, -0.15) is 0 Å². The monoisotopic (exact) mass is 163 g/mol. The molecule has 1 aromatic carbocycles. The maximum absolute atomic E-state index is 5.57. The Labute approximate surface area is 72.1 Å². The predicted octanol–water partition coefficient (Wildman–Crippen LogP) is 1.57. The maximum Gasteiger partial charge on any atom is 0.145 e. The first kappa shape index (κ1) is 7.62. The fraction of sp³-hybridized carbons (Fsp3) is 0.400. The summed E-state index contributed by atoms with van der Waals surface area (Å²) in [5.74, 6) is 0.892. The van der Waals surface area contributed by atoms with Crippen molar-refractivity contribution in [3.05, 3.63) is 29.8 Å². The van der Waals surface area contributed by atoms with Crippen molar-refractivity contribution in [3.8, 4) is 5.75 Å². The van der Waals surface area contributed by atoms with E-state index in [2.05, 4.69) is 6.07 Å². The summed E-state index contributed by atoms with van der Waals surface area (Å²) in [7, 11) is 0. The SMILES string of the molecule is Cc1c[c]cc(OC2COC2)c1. The third kappa shape index (κ3) is 1.59. The summed E-state index contributed by atoms with van der Waals surface area (Å²) in [5.41, 5.74) is 1.17. The van der Waals surface area contributed by atoms with Crippen LogP contribution in [0.4, 0.5) is 0 Å². The van der Waals surface area contributed by atoms with Crippen LogP contribution in [0.5, 0.6) is 5.75 Å². The van der Waals surface area contributed by atoms with E-state index in [1.807, 2.05) is 25.1 Å². The van der Waals surface area contributed by atoms with Gasteiger partial charge in [0, 0.05) is 0 Å². The zero-order valence-electron chi connectivity index (χ0n) is 7.04. The van der Waals surface area contributed by atoms with Gasteiger partial charge in [0.1, 0.15) is 11.9 Å². The van der Waals surface area contributed by atoms with Gasteiger partial charge in [0.25, 0.3) is 0 Å². The van der Waals surface area contributed by atoms with Gasteiger partial charge in [-0.3, -0.25) is 0 Å². The average molecular weight is 163 g/mol. The molecule has 0 amide bonds. The molecule has 1 aliphatic heterocycles. The number of ether oxygens (including phenoxy) is 2. The molecule has 1 heterocycles. The average Bonchev–Trinajstić information content (AvgIpc) is 1.97. The largest absolute Gasteiger partial charge is 0.486 e. The topological polar surface area (TPSA) is 18.5 Å². The smallest absolute Gasteiger partial charge is 0.145 e. The quantitative estimate of drug-likeness (QED) is 0.659. The van der Waals surface area contributed by atoms with Crippen molar-refractivity contribution in [2.45, 2.75) is 13.0 Å². The highest BCUT2D eigenvalue weighted by Gasteiger charge is 2.19. The molecule has 0 unspecified atom stereocenters. The van der Waals surface area contributed by atoms with Crippen molar-refractivity contribution in [2.24, 2.45) is 0 Å². The molecule has 2 heteroatoms. The molecule has 0 atom stereocenters. The molecule has 1 aliphatic rings. The Morgan fingerprint density at radius 1 is 1.50 bits per heavy atom. The van der Waals surface area contributed by atoms with Gasteiger partial charge in [-0.15, -0.1) is 0 Å². The lowest BCUT2D eigenvalue weighted by Crippen LogP contribution is -2.38. The lowest BCUT2D eigenvalue weighted by molar-refractivity contribution is -0.0797. The Morgan fingerprint density at radius 3 is 2.92 bits per heavy atom. The van der Waals surface area contributed by atoms with E-state index in [0.717, 1.165) is 5.75 Å². The number of hydrogen-bond acceptors (Lipinski definition) is 2. The highest BCUT2D eigenvalue weighted by atomic mass is 16.6. The van der Waals surface area contributed by atoms with E-state index in [9.17, 15) is 0 Å². The molecule has 0 N–H and O–H groups in total. The van der Waals surface area contributed by atoms with Gasteiger partial charge in [-0.05, 0) is 30.7 Å². The predicted molar refractivity (Wildman–Crippen MR) is 45.3 cm³/mol. The van der Waals surface area contributed by atoms with Gasteiger partial charge in [0.05, 0.1) is 13.2 Å². The van der Waals surface area contributed by atoms with E-state index >= 15 is 0 Å². The minimum absolute atomic E-state index is 0.250. The van der Waals surface area contributed by atoms with Crippen molar-refractivity contribution in [2.75, 3.05) is 13.2 Å². The van der Waals surface area contributed by atoms with Gasteiger partial charge < -0.3 is 9.47 Å². The van der Waals surface area contributed by atoms with Gasteiger partial charge in [0.15, 0.2) is 0 Å². The molecule has 1 saturated heterocycles. The minimum atomic E-state index is 0.250. The van der Waals surface area contributed by atoms with Crippen molar-refractivity contribution in [1.29, 1.82) is 0 Å². The molecule has 0 bridgehead atoms. The molecule has 0 aromatic heterocycles. The second-order valence-electron chi connectivity index (χ2n) is 3.02. The standard InChI is InChI=1S/C10H11O2/c1-8-3-2-4-9(5-8)12-10-6-11-7-10/h3-5,10H,6-7H2,1H3. The highest BCUT2D eigenvalue weighted by Crippen LogP contribution is 2.16. The van der Waals surface area contributed by atoms with Crippen LogP contribution in [0.15, 0.2) is 18.2 Å². The summed E-state index contributed by atoms with van der Waals surface area (Å²) >= 11 is 0. The number of benzene rings is 1. The number of rotatable bonds is 2. The van der Waals surface area contributed by atoms with Gasteiger partial charge in [0.2, 0.25) is 0 Å². The van der Waals surface area contributed by atoms with Crippen LogP contribution in [-0.4, -0.2) is 19.3 Å². The first-order chi connectivity index (χ1) is 5.84. The Hall–Kier alpha value is -1.02. The van der Waals surface area contributed by atoms with Crippen molar-refractivity contribution >= 4 is 0 Å². The first-order valence-corrected chi connectivity index (χ1v) is 4.07. The molecule has 1 fully saturated rings. The van der Waals surface area contributed by atoms with Crippen molar-refractivity contribution < 1.29 is 9.47 Å². The van der Waals surface area contributed by atoms with E-state index in [-0.39, 0.29) is 6.10 Å². The van der Waals surface area contributed by atoms with E-state index < -0.39 is 0 Å². The second kappa shape index (κ2) is 3.15. The number of aryl methyl sites for hydroxylation is 1. The summed E-state index contributed by atoms with van der Waals surface area (Å²) in [6, 6.07) is 8.81. The van der Waals surface area contributed by atoms with Crippen LogP contribution in [0, 0.1) is 13.0 Å². The fourth-order valence-electron chi connectivity index (χ4n) is 1.11. The number of hydrogen-bond donors (Lipinski definition) is 0. The van der Waals surface area contributed by atoms with E-state index in [4.69, 9.17) is 9.47 Å². The Balaban J connectivity index is 2.02. The second-order valence-corrected chi connectivity index (χ2v) is 3.02. The van der Waals surface area contributed by atoms with Crippen LogP contribution in [0.2, 0.25) is 0 Å². The molecule has 0 spiro atoms. The molecule has 1 radical (unpaired) electrons. The summed E-state index contributed by atoms with van der Waals surface area (Å²) in [6.45, 7) is 3.46. The Kier molecular flexibility index (Phi) is 2.00. The summed E-state index contributed by atoms with van der Waals surface area (Å²) < 4.78 is 10.6. The summed E-state index contributed by atoms with van der Waals surface area (Å²) in [5, 5.41) is 0. The molecule has 0 aliphatic carbocycles. The zero-order chi connectivity index (χ0) is 8.39. The van der Waals surface area contributed by atoms with Crippen LogP contribution in [-0.2, 0) is 4.74 Å². The summed E-state index contributed by atoms with van der Waals surface area (Å²) in [6.07, 6.45) is 0.250. The molecule has 63 valence electrons. The Bertz CT molecular complexity index is 266. The van der Waals surface area contributed by atoms with Crippen LogP contribution >= 0.6 is 0 Å². The van der Waals surface area contributed by atoms with Crippen molar-refractivity contribution in [1.82, 2.24) is 0 Å². The third-order valence-corrected chi connectivity index (χ3v) is 1.82.